The molecule has 0 radical (unpaired) electrons. The zero-order valence-corrected chi connectivity index (χ0v) is 11.8. The van der Waals surface area contributed by atoms with Gasteiger partial charge in [0, 0.05) is 22.7 Å². The molecule has 17 heavy (non-hydrogen) atoms. The van der Waals surface area contributed by atoms with Crippen LogP contribution in [0.2, 0.25) is 0 Å². The van der Waals surface area contributed by atoms with Crippen LogP contribution in [0.5, 0.6) is 0 Å². The van der Waals surface area contributed by atoms with E-state index >= 15 is 0 Å². The minimum Gasteiger partial charge on any atom is -0.309 e. The molecular formula is C14H22N2S. The van der Waals surface area contributed by atoms with E-state index in [0.29, 0.717) is 12.1 Å². The minimum atomic E-state index is 0.536. The quantitative estimate of drug-likeness (QED) is 0.865. The highest BCUT2D eigenvalue weighted by molar-refractivity contribution is 7.99. The van der Waals surface area contributed by atoms with Gasteiger partial charge in [0.05, 0.1) is 0 Å². The smallest absolute Gasteiger partial charge is 0.0428 e. The summed E-state index contributed by atoms with van der Waals surface area (Å²) in [6.07, 6.45) is 1.20. The Morgan fingerprint density at radius 2 is 2.18 bits per heavy atom. The molecule has 2 nitrogen and oxygen atoms in total. The SMILES string of the molecule is CC(CCN(C)C)NC1CSc2ccccc21. The Bertz CT molecular complexity index is 365. The van der Waals surface area contributed by atoms with Gasteiger partial charge in [-0.3, -0.25) is 0 Å². The van der Waals surface area contributed by atoms with Crippen LogP contribution in [-0.4, -0.2) is 37.3 Å². The van der Waals surface area contributed by atoms with Gasteiger partial charge >= 0.3 is 0 Å². The van der Waals surface area contributed by atoms with Gasteiger partial charge in [-0.05, 0) is 45.6 Å². The summed E-state index contributed by atoms with van der Waals surface area (Å²) in [7, 11) is 4.26. The van der Waals surface area contributed by atoms with Gasteiger partial charge in [0.25, 0.3) is 0 Å². The maximum Gasteiger partial charge on any atom is 0.0428 e. The van der Waals surface area contributed by atoms with Gasteiger partial charge in [-0.25, -0.2) is 0 Å². The molecule has 0 aromatic heterocycles. The second kappa shape index (κ2) is 5.89. The van der Waals surface area contributed by atoms with Crippen LogP contribution >= 0.6 is 11.8 Å². The molecule has 2 unspecified atom stereocenters. The summed E-state index contributed by atoms with van der Waals surface area (Å²) in [4.78, 5) is 3.69. The highest BCUT2D eigenvalue weighted by Gasteiger charge is 2.23. The molecule has 0 amide bonds. The molecule has 0 aliphatic carbocycles. The first kappa shape index (κ1) is 12.9. The maximum absolute atomic E-state index is 3.74. The second-order valence-corrected chi connectivity index (χ2v) is 6.12. The largest absolute Gasteiger partial charge is 0.309 e. The van der Waals surface area contributed by atoms with Gasteiger partial charge < -0.3 is 10.2 Å². The molecular weight excluding hydrogens is 228 g/mol. The average Bonchev–Trinajstić information content (AvgIpc) is 2.70. The number of rotatable bonds is 5. The van der Waals surface area contributed by atoms with Crippen molar-refractivity contribution in [2.24, 2.45) is 0 Å². The van der Waals surface area contributed by atoms with Crippen LogP contribution in [0, 0.1) is 0 Å². The third-order valence-electron chi connectivity index (χ3n) is 3.19. The number of hydrogen-bond acceptors (Lipinski definition) is 3. The first-order valence-electron chi connectivity index (χ1n) is 6.29. The van der Waals surface area contributed by atoms with Crippen LogP contribution in [0.3, 0.4) is 0 Å². The monoisotopic (exact) mass is 250 g/mol. The van der Waals surface area contributed by atoms with Crippen LogP contribution in [0.25, 0.3) is 0 Å². The lowest BCUT2D eigenvalue weighted by molar-refractivity contribution is 0.355. The van der Waals surface area contributed by atoms with Crippen molar-refractivity contribution in [3.63, 3.8) is 0 Å². The highest BCUT2D eigenvalue weighted by Crippen LogP contribution is 2.37. The Kier molecular flexibility index (Phi) is 4.48. The summed E-state index contributed by atoms with van der Waals surface area (Å²) < 4.78 is 0. The van der Waals surface area contributed by atoms with Gasteiger partial charge in [-0.2, -0.15) is 0 Å². The lowest BCUT2D eigenvalue weighted by Crippen LogP contribution is -2.33. The molecule has 1 aromatic carbocycles. The molecule has 1 N–H and O–H groups in total. The molecule has 1 aromatic rings. The lowest BCUT2D eigenvalue weighted by atomic mass is 10.1. The van der Waals surface area contributed by atoms with Crippen molar-refractivity contribution < 1.29 is 0 Å². The van der Waals surface area contributed by atoms with E-state index in [0.717, 1.165) is 6.54 Å². The molecule has 1 aliphatic rings. The predicted octanol–water partition coefficient (Wildman–Crippen LogP) is 2.76. The van der Waals surface area contributed by atoms with E-state index in [4.69, 9.17) is 0 Å². The van der Waals surface area contributed by atoms with E-state index in [-0.39, 0.29) is 0 Å². The van der Waals surface area contributed by atoms with E-state index in [1.807, 2.05) is 11.8 Å². The molecule has 2 atom stereocenters. The van der Waals surface area contributed by atoms with E-state index in [9.17, 15) is 0 Å². The summed E-state index contributed by atoms with van der Waals surface area (Å²) in [5.74, 6) is 1.17. The third-order valence-corrected chi connectivity index (χ3v) is 4.38. The number of nitrogens with zero attached hydrogens (tertiary/aromatic N) is 1. The normalized spacial score (nSPS) is 20.6. The highest BCUT2D eigenvalue weighted by atomic mass is 32.2. The standard InChI is InChI=1S/C14H22N2S/c1-11(8-9-16(2)3)15-13-10-17-14-7-5-4-6-12(13)14/h4-7,11,13,15H,8-10H2,1-3H3. The summed E-state index contributed by atoms with van der Waals surface area (Å²) in [6, 6.07) is 9.87. The third kappa shape index (κ3) is 3.47. The van der Waals surface area contributed by atoms with E-state index in [2.05, 4.69) is 55.5 Å². The number of hydrogen-bond donors (Lipinski definition) is 1. The zero-order valence-electron chi connectivity index (χ0n) is 10.9. The summed E-state index contributed by atoms with van der Waals surface area (Å²) >= 11 is 1.97. The van der Waals surface area contributed by atoms with E-state index < -0.39 is 0 Å². The van der Waals surface area contributed by atoms with Gasteiger partial charge in [-0.15, -0.1) is 11.8 Å². The molecule has 0 saturated carbocycles. The van der Waals surface area contributed by atoms with Crippen LogP contribution in [-0.2, 0) is 0 Å². The molecule has 3 heteroatoms. The lowest BCUT2D eigenvalue weighted by Gasteiger charge is -2.21. The van der Waals surface area contributed by atoms with Crippen molar-refractivity contribution in [2.75, 3.05) is 26.4 Å². The molecule has 0 bridgehead atoms. The van der Waals surface area contributed by atoms with Gasteiger partial charge in [0.1, 0.15) is 0 Å². The molecule has 0 saturated heterocycles. The number of nitrogens with one attached hydrogen (secondary N) is 1. The first-order chi connectivity index (χ1) is 8.16. The Labute approximate surface area is 109 Å². The van der Waals surface area contributed by atoms with Crippen molar-refractivity contribution >= 4 is 11.8 Å². The van der Waals surface area contributed by atoms with Crippen LogP contribution in [0.1, 0.15) is 24.9 Å². The van der Waals surface area contributed by atoms with Crippen molar-refractivity contribution in [3.8, 4) is 0 Å². The Morgan fingerprint density at radius 1 is 1.41 bits per heavy atom. The van der Waals surface area contributed by atoms with Crippen molar-refractivity contribution in [2.45, 2.75) is 30.3 Å². The molecule has 1 heterocycles. The van der Waals surface area contributed by atoms with Crippen LogP contribution in [0.4, 0.5) is 0 Å². The number of thioether (sulfide) groups is 1. The summed E-state index contributed by atoms with van der Waals surface area (Å²) in [6.45, 7) is 3.44. The van der Waals surface area contributed by atoms with Crippen LogP contribution in [0.15, 0.2) is 29.2 Å². The Hall–Kier alpha value is -0.510. The summed E-state index contributed by atoms with van der Waals surface area (Å²) in [5, 5.41) is 3.74. The molecule has 2 rings (SSSR count). The fourth-order valence-corrected chi connectivity index (χ4v) is 3.35. The molecule has 94 valence electrons. The van der Waals surface area contributed by atoms with Gasteiger partial charge in [-0.1, -0.05) is 18.2 Å². The molecule has 1 aliphatic heterocycles. The summed E-state index contributed by atoms with van der Waals surface area (Å²) in [5.41, 5.74) is 1.48. The van der Waals surface area contributed by atoms with Crippen molar-refractivity contribution in [3.05, 3.63) is 29.8 Å². The van der Waals surface area contributed by atoms with E-state index in [1.165, 1.54) is 22.6 Å². The van der Waals surface area contributed by atoms with Crippen molar-refractivity contribution in [1.82, 2.24) is 10.2 Å². The Morgan fingerprint density at radius 3 is 2.94 bits per heavy atom. The molecule has 0 spiro atoms. The average molecular weight is 250 g/mol. The molecule has 0 fully saturated rings. The maximum atomic E-state index is 3.74. The minimum absolute atomic E-state index is 0.536. The first-order valence-corrected chi connectivity index (χ1v) is 7.28. The number of benzene rings is 1. The zero-order chi connectivity index (χ0) is 12.3. The van der Waals surface area contributed by atoms with E-state index in [1.54, 1.807) is 0 Å². The topological polar surface area (TPSA) is 15.3 Å². The fourth-order valence-electron chi connectivity index (χ4n) is 2.18. The van der Waals surface area contributed by atoms with Gasteiger partial charge in [0.2, 0.25) is 0 Å². The fraction of sp³-hybridized carbons (Fsp3) is 0.571. The number of fused-ring (bicyclic) bond motifs is 1. The van der Waals surface area contributed by atoms with Crippen molar-refractivity contribution in [1.29, 1.82) is 0 Å². The predicted molar refractivity (Wildman–Crippen MR) is 75.7 cm³/mol. The van der Waals surface area contributed by atoms with Crippen LogP contribution < -0.4 is 5.32 Å². The second-order valence-electron chi connectivity index (χ2n) is 5.06. The van der Waals surface area contributed by atoms with Gasteiger partial charge in [0.15, 0.2) is 0 Å². The Balaban J connectivity index is 1.88.